The fourth-order valence-corrected chi connectivity index (χ4v) is 3.54. The van der Waals surface area contributed by atoms with Crippen LogP contribution in [0.1, 0.15) is 34.8 Å². The lowest BCUT2D eigenvalue weighted by Gasteiger charge is -2.26. The van der Waals surface area contributed by atoms with Gasteiger partial charge in [0.2, 0.25) is 0 Å². The highest BCUT2D eigenvalue weighted by Crippen LogP contribution is 2.38. The van der Waals surface area contributed by atoms with E-state index in [-0.39, 0.29) is 17.6 Å². The summed E-state index contributed by atoms with van der Waals surface area (Å²) in [5.41, 5.74) is 1.25. The van der Waals surface area contributed by atoms with Gasteiger partial charge in [-0.15, -0.1) is 0 Å². The molecule has 134 valence electrons. The molecule has 4 rings (SSSR count). The van der Waals surface area contributed by atoms with Gasteiger partial charge in [0, 0.05) is 24.2 Å². The Bertz CT molecular complexity index is 867. The molecule has 2 aliphatic rings. The van der Waals surface area contributed by atoms with Crippen LogP contribution in [0.3, 0.4) is 0 Å². The van der Waals surface area contributed by atoms with Gasteiger partial charge < -0.3 is 14.4 Å². The highest BCUT2D eigenvalue weighted by Gasteiger charge is 2.32. The largest absolute Gasteiger partial charge is 0.486 e. The number of amides is 1. The maximum Gasteiger partial charge on any atom is 0.270 e. The van der Waals surface area contributed by atoms with Crippen LogP contribution in [0, 0.1) is 10.1 Å². The summed E-state index contributed by atoms with van der Waals surface area (Å²) in [7, 11) is 0. The second-order valence-electron chi connectivity index (χ2n) is 6.37. The first-order chi connectivity index (χ1) is 12.6. The monoisotopic (exact) mass is 354 g/mol. The van der Waals surface area contributed by atoms with E-state index in [0.717, 1.165) is 24.2 Å². The van der Waals surface area contributed by atoms with Gasteiger partial charge in [-0.25, -0.2) is 0 Å². The minimum absolute atomic E-state index is 0.0717. The maximum absolute atomic E-state index is 12.9. The Balaban J connectivity index is 1.61. The number of nitro benzene ring substituents is 1. The van der Waals surface area contributed by atoms with Gasteiger partial charge in [0.1, 0.15) is 13.2 Å². The molecule has 2 aromatic carbocycles. The number of hydrogen-bond donors (Lipinski definition) is 0. The van der Waals surface area contributed by atoms with Crippen molar-refractivity contribution < 1.29 is 19.2 Å². The van der Waals surface area contributed by atoms with Gasteiger partial charge in [-0.1, -0.05) is 12.1 Å². The summed E-state index contributed by atoms with van der Waals surface area (Å²) in [6.07, 6.45) is 1.74. The molecule has 1 atom stereocenters. The van der Waals surface area contributed by atoms with Crippen LogP contribution in [0.2, 0.25) is 0 Å². The highest BCUT2D eigenvalue weighted by atomic mass is 16.6. The van der Waals surface area contributed by atoms with E-state index >= 15 is 0 Å². The van der Waals surface area contributed by atoms with Gasteiger partial charge >= 0.3 is 0 Å². The Morgan fingerprint density at radius 2 is 1.92 bits per heavy atom. The summed E-state index contributed by atoms with van der Waals surface area (Å²) in [6, 6.07) is 11.6. The fourth-order valence-electron chi connectivity index (χ4n) is 3.54. The first-order valence-electron chi connectivity index (χ1n) is 8.58. The third kappa shape index (κ3) is 2.96. The lowest BCUT2D eigenvalue weighted by molar-refractivity contribution is -0.384. The quantitative estimate of drug-likeness (QED) is 0.624. The molecule has 0 aromatic heterocycles. The molecule has 1 amide bonds. The summed E-state index contributed by atoms with van der Waals surface area (Å²) in [5, 5.41) is 11.0. The Labute approximate surface area is 150 Å². The van der Waals surface area contributed by atoms with Gasteiger partial charge in [-0.2, -0.15) is 0 Å². The number of likely N-dealkylation sites (tertiary alicyclic amines) is 1. The van der Waals surface area contributed by atoms with Crippen LogP contribution < -0.4 is 9.47 Å². The van der Waals surface area contributed by atoms with Gasteiger partial charge in [-0.3, -0.25) is 14.9 Å². The molecule has 0 saturated carbocycles. The van der Waals surface area contributed by atoms with Gasteiger partial charge in [0.05, 0.1) is 11.0 Å². The van der Waals surface area contributed by atoms with E-state index in [2.05, 4.69) is 0 Å². The van der Waals surface area contributed by atoms with E-state index in [1.54, 1.807) is 17.0 Å². The van der Waals surface area contributed by atoms with Crippen LogP contribution in [0.5, 0.6) is 11.5 Å². The zero-order valence-corrected chi connectivity index (χ0v) is 14.1. The number of hydrogen-bond acceptors (Lipinski definition) is 5. The van der Waals surface area contributed by atoms with E-state index in [1.165, 1.54) is 12.1 Å². The zero-order valence-electron chi connectivity index (χ0n) is 14.1. The van der Waals surface area contributed by atoms with Crippen molar-refractivity contribution in [2.45, 2.75) is 18.9 Å². The number of nitrogens with zero attached hydrogens (tertiary/aromatic N) is 2. The summed E-state index contributed by atoms with van der Waals surface area (Å²) < 4.78 is 11.2. The molecule has 2 heterocycles. The van der Waals surface area contributed by atoms with Crippen LogP contribution in [0.4, 0.5) is 5.69 Å². The SMILES string of the molecule is O=C(c1cccc([N+](=O)[O-])c1)N1CCCC1c1ccc2c(c1)OCCO2. The van der Waals surface area contributed by atoms with Crippen LogP contribution in [0.15, 0.2) is 42.5 Å². The molecule has 2 aromatic rings. The van der Waals surface area contributed by atoms with Crippen molar-refractivity contribution in [2.24, 2.45) is 0 Å². The maximum atomic E-state index is 12.9. The smallest absolute Gasteiger partial charge is 0.270 e. The molecule has 1 fully saturated rings. The van der Waals surface area contributed by atoms with E-state index in [4.69, 9.17) is 9.47 Å². The van der Waals surface area contributed by atoms with Gasteiger partial charge in [0.25, 0.3) is 11.6 Å². The number of carbonyl (C=O) groups excluding carboxylic acids is 1. The Morgan fingerprint density at radius 3 is 2.73 bits per heavy atom. The molecular formula is C19H18N2O5. The standard InChI is InChI=1S/C19H18N2O5/c22-19(14-3-1-4-15(11-14)21(23)24)20-8-2-5-16(20)13-6-7-17-18(12-13)26-10-9-25-17/h1,3-4,6-7,11-12,16H,2,5,8-10H2. The first-order valence-corrected chi connectivity index (χ1v) is 8.58. The predicted molar refractivity (Wildman–Crippen MR) is 93.5 cm³/mol. The van der Waals surface area contributed by atoms with Crippen LogP contribution in [-0.4, -0.2) is 35.5 Å². The lowest BCUT2D eigenvalue weighted by Crippen LogP contribution is -2.30. The summed E-state index contributed by atoms with van der Waals surface area (Å²) in [4.78, 5) is 25.2. The van der Waals surface area contributed by atoms with E-state index in [9.17, 15) is 14.9 Å². The van der Waals surface area contributed by atoms with Crippen LogP contribution in [-0.2, 0) is 0 Å². The number of nitro groups is 1. The number of non-ortho nitro benzene ring substituents is 1. The number of benzene rings is 2. The number of rotatable bonds is 3. The molecular weight excluding hydrogens is 336 g/mol. The Morgan fingerprint density at radius 1 is 1.12 bits per heavy atom. The highest BCUT2D eigenvalue weighted by molar-refractivity contribution is 5.95. The Kier molecular flexibility index (Phi) is 4.20. The number of carbonyl (C=O) groups is 1. The first kappa shape index (κ1) is 16.4. The topological polar surface area (TPSA) is 81.9 Å². The predicted octanol–water partition coefficient (Wildman–Crippen LogP) is 3.34. The second-order valence-corrected chi connectivity index (χ2v) is 6.37. The molecule has 0 spiro atoms. The third-order valence-electron chi connectivity index (χ3n) is 4.77. The average Bonchev–Trinajstić information content (AvgIpc) is 3.17. The van der Waals surface area contributed by atoms with Crippen molar-refractivity contribution in [3.63, 3.8) is 0 Å². The van der Waals surface area contributed by atoms with Crippen molar-refractivity contribution >= 4 is 11.6 Å². The molecule has 26 heavy (non-hydrogen) atoms. The van der Waals surface area contributed by atoms with Crippen molar-refractivity contribution in [2.75, 3.05) is 19.8 Å². The number of ether oxygens (including phenoxy) is 2. The van der Waals surface area contributed by atoms with Gasteiger partial charge in [0.15, 0.2) is 11.5 Å². The molecule has 0 bridgehead atoms. The molecule has 0 N–H and O–H groups in total. The van der Waals surface area contributed by atoms with Gasteiger partial charge in [-0.05, 0) is 36.6 Å². The minimum atomic E-state index is -0.487. The molecule has 2 aliphatic heterocycles. The van der Waals surface area contributed by atoms with Crippen LogP contribution in [0.25, 0.3) is 0 Å². The average molecular weight is 354 g/mol. The second kappa shape index (κ2) is 6.67. The van der Waals surface area contributed by atoms with Crippen molar-refractivity contribution in [3.05, 3.63) is 63.7 Å². The lowest BCUT2D eigenvalue weighted by atomic mass is 10.0. The molecule has 0 radical (unpaired) electrons. The molecule has 7 nitrogen and oxygen atoms in total. The number of fused-ring (bicyclic) bond motifs is 1. The Hall–Kier alpha value is -3.09. The van der Waals surface area contributed by atoms with E-state index in [0.29, 0.717) is 31.1 Å². The summed E-state index contributed by atoms with van der Waals surface area (Å²) in [6.45, 7) is 1.67. The normalized spacial score (nSPS) is 18.6. The molecule has 0 aliphatic carbocycles. The summed E-state index contributed by atoms with van der Waals surface area (Å²) in [5.74, 6) is 1.23. The molecule has 1 unspecified atom stereocenters. The zero-order chi connectivity index (χ0) is 18.1. The van der Waals surface area contributed by atoms with E-state index < -0.39 is 4.92 Å². The molecule has 7 heteroatoms. The van der Waals surface area contributed by atoms with Crippen molar-refractivity contribution in [1.82, 2.24) is 4.90 Å². The fraction of sp³-hybridized carbons (Fsp3) is 0.316. The van der Waals surface area contributed by atoms with Crippen molar-refractivity contribution in [3.8, 4) is 11.5 Å². The van der Waals surface area contributed by atoms with Crippen molar-refractivity contribution in [1.29, 1.82) is 0 Å². The third-order valence-corrected chi connectivity index (χ3v) is 4.77. The minimum Gasteiger partial charge on any atom is -0.486 e. The molecule has 1 saturated heterocycles. The van der Waals surface area contributed by atoms with E-state index in [1.807, 2.05) is 18.2 Å². The van der Waals surface area contributed by atoms with Crippen LogP contribution >= 0.6 is 0 Å². The summed E-state index contributed by atoms with van der Waals surface area (Å²) >= 11 is 0.